The van der Waals surface area contributed by atoms with Gasteiger partial charge in [-0.15, -0.1) is 0 Å². The zero-order valence-electron chi connectivity index (χ0n) is 5.63. The van der Waals surface area contributed by atoms with E-state index in [2.05, 4.69) is 0 Å². The molecule has 0 atom stereocenters. The van der Waals surface area contributed by atoms with Crippen molar-refractivity contribution >= 4 is 18.4 Å². The molecule has 0 aliphatic rings. The first kappa shape index (κ1) is 7.22. The molecule has 0 heterocycles. The van der Waals surface area contributed by atoms with E-state index in [4.69, 9.17) is 12.6 Å². The predicted octanol–water partition coefficient (Wildman–Crippen LogP) is 2.45. The molecular formula is C8H7OS. The maximum Gasteiger partial charge on any atom is 0.159 e. The number of carbonyl (C=O) groups is 1. The average Bonchev–Trinajstić information content (AvgIpc) is 1.88. The monoisotopic (exact) mass is 151 g/mol. The van der Waals surface area contributed by atoms with Crippen LogP contribution in [0.4, 0.5) is 0 Å². The summed E-state index contributed by atoms with van der Waals surface area (Å²) in [4.78, 5) is 11.5. The van der Waals surface area contributed by atoms with Crippen molar-refractivity contribution in [2.75, 3.05) is 0 Å². The van der Waals surface area contributed by atoms with E-state index in [1.165, 1.54) is 0 Å². The lowest BCUT2D eigenvalue weighted by atomic mass is 10.2. The second-order valence-electron chi connectivity index (χ2n) is 2.08. The van der Waals surface area contributed by atoms with Gasteiger partial charge in [0.2, 0.25) is 0 Å². The van der Waals surface area contributed by atoms with Gasteiger partial charge in [0, 0.05) is 10.5 Å². The molecule has 0 bridgehead atoms. The van der Waals surface area contributed by atoms with Gasteiger partial charge < -0.3 is 0 Å². The van der Waals surface area contributed by atoms with Crippen LogP contribution in [-0.2, 0) is 0 Å². The Morgan fingerprint density at radius 2 is 1.80 bits per heavy atom. The van der Waals surface area contributed by atoms with Crippen molar-refractivity contribution in [3.8, 4) is 0 Å². The van der Waals surface area contributed by atoms with Crippen molar-refractivity contribution in [2.24, 2.45) is 0 Å². The lowest BCUT2D eigenvalue weighted by Crippen LogP contribution is -1.89. The van der Waals surface area contributed by atoms with Crippen molar-refractivity contribution in [1.82, 2.24) is 0 Å². The van der Waals surface area contributed by atoms with Gasteiger partial charge in [0.25, 0.3) is 0 Å². The Balaban J connectivity index is 3.00. The van der Waals surface area contributed by atoms with Crippen LogP contribution in [-0.4, -0.2) is 5.78 Å². The third kappa shape index (κ3) is 1.54. The van der Waals surface area contributed by atoms with E-state index in [-0.39, 0.29) is 5.78 Å². The molecule has 0 saturated heterocycles. The first-order valence-corrected chi connectivity index (χ1v) is 3.39. The molecule has 1 nitrogen and oxygen atoms in total. The summed E-state index contributed by atoms with van der Waals surface area (Å²) in [6, 6.07) is 6.99. The summed E-state index contributed by atoms with van der Waals surface area (Å²) in [5.41, 5.74) is 0.716. The fourth-order valence-electron chi connectivity index (χ4n) is 0.690. The first-order chi connectivity index (χ1) is 4.70. The molecule has 0 saturated carbocycles. The Morgan fingerprint density at radius 3 is 2.20 bits per heavy atom. The van der Waals surface area contributed by atoms with Gasteiger partial charge in [-0.3, -0.25) is 4.79 Å². The third-order valence-electron chi connectivity index (χ3n) is 1.26. The molecule has 1 aromatic carbocycles. The molecule has 10 heavy (non-hydrogen) atoms. The molecule has 0 spiro atoms. The molecule has 0 aliphatic heterocycles. The van der Waals surface area contributed by atoms with E-state index in [0.29, 0.717) is 5.56 Å². The van der Waals surface area contributed by atoms with Crippen LogP contribution in [0.3, 0.4) is 0 Å². The van der Waals surface area contributed by atoms with Crippen molar-refractivity contribution in [2.45, 2.75) is 11.8 Å². The Bertz CT molecular complexity index is 238. The van der Waals surface area contributed by atoms with E-state index in [9.17, 15) is 4.79 Å². The molecule has 1 aromatic rings. The molecule has 0 aromatic heterocycles. The molecule has 1 radical (unpaired) electrons. The SMILES string of the molecule is CC(=O)c1ccc([S])cc1. The number of Topliss-reactive ketones (excluding diaryl/α,β-unsaturated/α-hetero) is 1. The third-order valence-corrected chi connectivity index (χ3v) is 1.53. The average molecular weight is 151 g/mol. The highest BCUT2D eigenvalue weighted by Crippen LogP contribution is 2.07. The minimum atomic E-state index is 0.0787. The standard InChI is InChI=1S/C8H7OS/c1-6(9)7-2-4-8(10)5-3-7/h2-5H,1H3. The smallest absolute Gasteiger partial charge is 0.159 e. The molecule has 0 N–H and O–H groups in total. The van der Waals surface area contributed by atoms with Crippen molar-refractivity contribution in [3.63, 3.8) is 0 Å². The molecule has 51 valence electrons. The van der Waals surface area contributed by atoms with Gasteiger partial charge in [-0.25, -0.2) is 0 Å². The molecule has 1 rings (SSSR count). The summed E-state index contributed by atoms with van der Waals surface area (Å²) in [6.45, 7) is 1.54. The number of rotatable bonds is 1. The second kappa shape index (κ2) is 2.80. The van der Waals surface area contributed by atoms with Crippen molar-refractivity contribution in [1.29, 1.82) is 0 Å². The van der Waals surface area contributed by atoms with Crippen LogP contribution in [0.25, 0.3) is 0 Å². The lowest BCUT2D eigenvalue weighted by molar-refractivity contribution is 0.101. The largest absolute Gasteiger partial charge is 0.295 e. The number of carbonyl (C=O) groups excluding carboxylic acids is 1. The van der Waals surface area contributed by atoms with E-state index in [1.54, 1.807) is 31.2 Å². The highest BCUT2D eigenvalue weighted by molar-refractivity contribution is 7.80. The van der Waals surface area contributed by atoms with Gasteiger partial charge in [-0.05, 0) is 31.2 Å². The summed E-state index contributed by atoms with van der Waals surface area (Å²) in [6.07, 6.45) is 0. The zero-order chi connectivity index (χ0) is 7.56. The number of ketones is 1. The van der Waals surface area contributed by atoms with Gasteiger partial charge in [-0.2, -0.15) is 0 Å². The molecule has 0 fully saturated rings. The quantitative estimate of drug-likeness (QED) is 0.563. The summed E-state index contributed by atoms with van der Waals surface area (Å²) in [5.74, 6) is 0.0787. The number of benzene rings is 1. The van der Waals surface area contributed by atoms with Gasteiger partial charge in [0.1, 0.15) is 0 Å². The highest BCUT2D eigenvalue weighted by Gasteiger charge is 1.95. The van der Waals surface area contributed by atoms with Gasteiger partial charge in [-0.1, -0.05) is 12.6 Å². The fourth-order valence-corrected chi connectivity index (χ4v) is 0.826. The van der Waals surface area contributed by atoms with Crippen LogP contribution in [0.5, 0.6) is 0 Å². The topological polar surface area (TPSA) is 17.1 Å². The van der Waals surface area contributed by atoms with Gasteiger partial charge >= 0.3 is 0 Å². The van der Waals surface area contributed by atoms with Crippen LogP contribution in [0.15, 0.2) is 29.2 Å². The molecule has 0 amide bonds. The van der Waals surface area contributed by atoms with Gasteiger partial charge in [0.15, 0.2) is 5.78 Å². The Labute approximate surface area is 65.5 Å². The molecule has 0 aliphatic carbocycles. The maximum absolute atomic E-state index is 10.7. The molecule has 2 heteroatoms. The van der Waals surface area contributed by atoms with Crippen LogP contribution in [0, 0.1) is 0 Å². The van der Waals surface area contributed by atoms with Crippen LogP contribution in [0.2, 0.25) is 0 Å². The Kier molecular flexibility index (Phi) is 2.02. The summed E-state index contributed by atoms with van der Waals surface area (Å²) >= 11 is 4.85. The van der Waals surface area contributed by atoms with Crippen molar-refractivity contribution < 1.29 is 4.79 Å². The fraction of sp³-hybridized carbons (Fsp3) is 0.125. The zero-order valence-corrected chi connectivity index (χ0v) is 6.44. The molecular weight excluding hydrogens is 144 g/mol. The van der Waals surface area contributed by atoms with E-state index in [0.717, 1.165) is 4.90 Å². The van der Waals surface area contributed by atoms with E-state index < -0.39 is 0 Å². The van der Waals surface area contributed by atoms with Crippen molar-refractivity contribution in [3.05, 3.63) is 29.8 Å². The van der Waals surface area contributed by atoms with Crippen LogP contribution in [0.1, 0.15) is 17.3 Å². The number of hydrogen-bond acceptors (Lipinski definition) is 1. The minimum Gasteiger partial charge on any atom is -0.295 e. The second-order valence-corrected chi connectivity index (χ2v) is 2.55. The maximum atomic E-state index is 10.7. The normalized spacial score (nSPS) is 9.30. The van der Waals surface area contributed by atoms with Crippen LogP contribution >= 0.6 is 12.6 Å². The van der Waals surface area contributed by atoms with E-state index >= 15 is 0 Å². The Hall–Kier alpha value is -0.890. The van der Waals surface area contributed by atoms with Crippen LogP contribution < -0.4 is 0 Å². The molecule has 0 unspecified atom stereocenters. The highest BCUT2D eigenvalue weighted by atomic mass is 32.1. The summed E-state index contributed by atoms with van der Waals surface area (Å²) < 4.78 is 0. The first-order valence-electron chi connectivity index (χ1n) is 2.98. The summed E-state index contributed by atoms with van der Waals surface area (Å²) in [5, 5.41) is 0. The minimum absolute atomic E-state index is 0.0787. The summed E-state index contributed by atoms with van der Waals surface area (Å²) in [7, 11) is 0. The van der Waals surface area contributed by atoms with E-state index in [1.807, 2.05) is 0 Å². The predicted molar refractivity (Wildman–Crippen MR) is 42.3 cm³/mol. The lowest BCUT2D eigenvalue weighted by Gasteiger charge is -1.92. The number of hydrogen-bond donors (Lipinski definition) is 0. The van der Waals surface area contributed by atoms with Gasteiger partial charge in [0.05, 0.1) is 0 Å². The Morgan fingerprint density at radius 1 is 1.30 bits per heavy atom.